The fraction of sp³-hybridized carbons (Fsp3) is 0.316. The number of halogens is 1. The summed E-state index contributed by atoms with van der Waals surface area (Å²) in [4.78, 5) is 12.1. The Morgan fingerprint density at radius 2 is 1.75 bits per heavy atom. The lowest BCUT2D eigenvalue weighted by molar-refractivity contribution is -0.123. The number of amides is 1. The fourth-order valence-corrected chi connectivity index (χ4v) is 3.36. The Balaban J connectivity index is 1.85. The molecule has 28 heavy (non-hydrogen) atoms. The smallest absolute Gasteiger partial charge is 0.258 e. The first-order chi connectivity index (χ1) is 13.3. The van der Waals surface area contributed by atoms with Gasteiger partial charge in [-0.15, -0.1) is 0 Å². The van der Waals surface area contributed by atoms with Gasteiger partial charge in [0.2, 0.25) is 10.0 Å². The van der Waals surface area contributed by atoms with Gasteiger partial charge in [-0.3, -0.25) is 4.79 Å². The summed E-state index contributed by atoms with van der Waals surface area (Å²) in [5.41, 5.74) is 0.769. The Hall–Kier alpha value is -2.49. The molecule has 0 aliphatic heterocycles. The average Bonchev–Trinajstić information content (AvgIpc) is 2.67. The van der Waals surface area contributed by atoms with E-state index in [1.54, 1.807) is 19.1 Å². The first kappa shape index (κ1) is 21.8. The molecule has 2 aromatic carbocycles. The number of benzene rings is 2. The number of ether oxygens (including phenoxy) is 2. The van der Waals surface area contributed by atoms with Gasteiger partial charge < -0.3 is 14.8 Å². The van der Waals surface area contributed by atoms with Gasteiger partial charge >= 0.3 is 0 Å². The standard InChI is InChI=1S/C19H23FN2O5S/c1-14(15-3-5-16(20)6-4-15)22-19(23)13-27-17-7-9-18(10-8-17)28(24,25)21-11-12-26-2/h3-10,14,21H,11-13H2,1-2H3,(H,22,23). The quantitative estimate of drug-likeness (QED) is 0.585. The number of carbonyl (C=O) groups is 1. The molecule has 0 aliphatic rings. The maximum atomic E-state index is 12.9. The van der Waals surface area contributed by atoms with Gasteiger partial charge in [0.05, 0.1) is 17.5 Å². The highest BCUT2D eigenvalue weighted by Crippen LogP contribution is 2.16. The van der Waals surface area contributed by atoms with E-state index >= 15 is 0 Å². The molecule has 0 heterocycles. The highest BCUT2D eigenvalue weighted by atomic mass is 32.2. The number of carbonyl (C=O) groups excluding carboxylic acids is 1. The number of hydrogen-bond donors (Lipinski definition) is 2. The molecule has 9 heteroatoms. The van der Waals surface area contributed by atoms with Crippen LogP contribution in [-0.2, 0) is 19.6 Å². The van der Waals surface area contributed by atoms with Crippen molar-refractivity contribution >= 4 is 15.9 Å². The molecule has 7 nitrogen and oxygen atoms in total. The summed E-state index contributed by atoms with van der Waals surface area (Å²) in [5, 5.41) is 2.75. The van der Waals surface area contributed by atoms with Crippen LogP contribution in [0.4, 0.5) is 4.39 Å². The van der Waals surface area contributed by atoms with Crippen molar-refractivity contribution in [1.82, 2.24) is 10.0 Å². The summed E-state index contributed by atoms with van der Waals surface area (Å²) >= 11 is 0. The highest BCUT2D eigenvalue weighted by Gasteiger charge is 2.14. The van der Waals surface area contributed by atoms with E-state index in [2.05, 4.69) is 10.0 Å². The second kappa shape index (κ2) is 10.2. The second-order valence-electron chi connectivity index (χ2n) is 5.99. The zero-order chi connectivity index (χ0) is 20.6. The molecule has 0 fully saturated rings. The van der Waals surface area contributed by atoms with Crippen molar-refractivity contribution in [2.75, 3.05) is 26.9 Å². The van der Waals surface area contributed by atoms with Gasteiger partial charge in [-0.2, -0.15) is 0 Å². The molecule has 1 atom stereocenters. The van der Waals surface area contributed by atoms with Crippen LogP contribution in [0, 0.1) is 5.82 Å². The van der Waals surface area contributed by atoms with Gasteiger partial charge in [-0.25, -0.2) is 17.5 Å². The van der Waals surface area contributed by atoms with Crippen LogP contribution in [0.1, 0.15) is 18.5 Å². The summed E-state index contributed by atoms with van der Waals surface area (Å²) in [6.07, 6.45) is 0. The van der Waals surface area contributed by atoms with Crippen LogP contribution in [0.3, 0.4) is 0 Å². The molecule has 0 spiro atoms. The number of sulfonamides is 1. The first-order valence-corrected chi connectivity index (χ1v) is 10.1. The summed E-state index contributed by atoms with van der Waals surface area (Å²) in [5.74, 6) is -0.333. The van der Waals surface area contributed by atoms with Gasteiger partial charge in [0.1, 0.15) is 11.6 Å². The van der Waals surface area contributed by atoms with E-state index in [4.69, 9.17) is 9.47 Å². The number of hydrogen-bond acceptors (Lipinski definition) is 5. The molecular weight excluding hydrogens is 387 g/mol. The molecule has 152 valence electrons. The minimum atomic E-state index is -3.62. The first-order valence-electron chi connectivity index (χ1n) is 8.58. The molecule has 0 bridgehead atoms. The summed E-state index contributed by atoms with van der Waals surface area (Å²) in [7, 11) is -2.14. The molecule has 1 amide bonds. The maximum absolute atomic E-state index is 12.9. The molecule has 2 rings (SSSR count). The molecule has 0 saturated heterocycles. The van der Waals surface area contributed by atoms with E-state index in [0.29, 0.717) is 5.75 Å². The summed E-state index contributed by atoms with van der Waals surface area (Å²) in [6.45, 7) is 1.99. The van der Waals surface area contributed by atoms with Crippen molar-refractivity contribution in [2.24, 2.45) is 0 Å². The van der Waals surface area contributed by atoms with Gasteiger partial charge in [-0.1, -0.05) is 12.1 Å². The van der Waals surface area contributed by atoms with E-state index in [-0.39, 0.29) is 42.4 Å². The molecule has 0 aliphatic carbocycles. The molecular formula is C19H23FN2O5S. The lowest BCUT2D eigenvalue weighted by Gasteiger charge is -2.15. The van der Waals surface area contributed by atoms with E-state index in [1.165, 1.54) is 43.5 Å². The molecule has 1 unspecified atom stereocenters. The van der Waals surface area contributed by atoms with Gasteiger partial charge in [0, 0.05) is 13.7 Å². The summed E-state index contributed by atoms with van der Waals surface area (Å²) < 4.78 is 49.7. The topological polar surface area (TPSA) is 93.7 Å². The molecule has 0 aromatic heterocycles. The van der Waals surface area contributed by atoms with Gasteiger partial charge in [0.25, 0.3) is 5.91 Å². The van der Waals surface area contributed by atoms with Gasteiger partial charge in [-0.05, 0) is 48.9 Å². The molecule has 0 saturated carbocycles. The number of methoxy groups -OCH3 is 1. The lowest BCUT2D eigenvalue weighted by Crippen LogP contribution is -2.31. The normalized spacial score (nSPS) is 12.4. The zero-order valence-electron chi connectivity index (χ0n) is 15.6. The molecule has 0 radical (unpaired) electrons. The third-order valence-electron chi connectivity index (χ3n) is 3.85. The fourth-order valence-electron chi connectivity index (χ4n) is 2.34. The number of rotatable bonds is 10. The minimum Gasteiger partial charge on any atom is -0.484 e. The van der Waals surface area contributed by atoms with Crippen LogP contribution in [0.25, 0.3) is 0 Å². The predicted molar refractivity (Wildman–Crippen MR) is 102 cm³/mol. The van der Waals surface area contributed by atoms with Crippen molar-refractivity contribution in [1.29, 1.82) is 0 Å². The predicted octanol–water partition coefficient (Wildman–Crippen LogP) is 2.01. The average molecular weight is 410 g/mol. The lowest BCUT2D eigenvalue weighted by atomic mass is 10.1. The van der Waals surface area contributed by atoms with Crippen molar-refractivity contribution < 1.29 is 27.1 Å². The number of nitrogens with one attached hydrogen (secondary N) is 2. The highest BCUT2D eigenvalue weighted by molar-refractivity contribution is 7.89. The Bertz CT molecular complexity index is 870. The Kier molecular flexibility index (Phi) is 7.91. The molecule has 2 N–H and O–H groups in total. The van der Waals surface area contributed by atoms with Gasteiger partial charge in [0.15, 0.2) is 6.61 Å². The molecule has 2 aromatic rings. The van der Waals surface area contributed by atoms with Crippen LogP contribution in [0.15, 0.2) is 53.4 Å². The van der Waals surface area contributed by atoms with E-state index in [1.807, 2.05) is 0 Å². The van der Waals surface area contributed by atoms with Crippen LogP contribution >= 0.6 is 0 Å². The monoisotopic (exact) mass is 410 g/mol. The second-order valence-corrected chi connectivity index (χ2v) is 7.76. The van der Waals surface area contributed by atoms with Crippen molar-refractivity contribution in [3.8, 4) is 5.75 Å². The van der Waals surface area contributed by atoms with Crippen molar-refractivity contribution in [3.63, 3.8) is 0 Å². The third kappa shape index (κ3) is 6.59. The summed E-state index contributed by atoms with van der Waals surface area (Å²) in [6, 6.07) is 11.3. The van der Waals surface area contributed by atoms with Crippen LogP contribution < -0.4 is 14.8 Å². The van der Waals surface area contributed by atoms with Crippen LogP contribution in [0.2, 0.25) is 0 Å². The Labute approximate surface area is 163 Å². The largest absolute Gasteiger partial charge is 0.484 e. The Morgan fingerprint density at radius 1 is 1.11 bits per heavy atom. The van der Waals surface area contributed by atoms with Crippen molar-refractivity contribution in [3.05, 3.63) is 59.9 Å². The van der Waals surface area contributed by atoms with Crippen LogP contribution in [0.5, 0.6) is 5.75 Å². The van der Waals surface area contributed by atoms with Crippen molar-refractivity contribution in [2.45, 2.75) is 17.9 Å². The van der Waals surface area contributed by atoms with Crippen LogP contribution in [-0.4, -0.2) is 41.2 Å². The Morgan fingerprint density at radius 3 is 2.36 bits per heavy atom. The maximum Gasteiger partial charge on any atom is 0.258 e. The van der Waals surface area contributed by atoms with E-state index < -0.39 is 10.0 Å². The van der Waals surface area contributed by atoms with E-state index in [9.17, 15) is 17.6 Å². The third-order valence-corrected chi connectivity index (χ3v) is 5.33. The van der Waals surface area contributed by atoms with E-state index in [0.717, 1.165) is 5.56 Å². The zero-order valence-corrected chi connectivity index (χ0v) is 16.5. The SMILES string of the molecule is COCCNS(=O)(=O)c1ccc(OCC(=O)NC(C)c2ccc(F)cc2)cc1. The minimum absolute atomic E-state index is 0.0883.